The van der Waals surface area contributed by atoms with Crippen LogP contribution in [-0.2, 0) is 0 Å². The number of nitrogens with zero attached hydrogens (tertiary/aromatic N) is 7. The first kappa shape index (κ1) is 15.7. The van der Waals surface area contributed by atoms with Crippen LogP contribution in [0.5, 0.6) is 0 Å². The van der Waals surface area contributed by atoms with Crippen LogP contribution in [0.15, 0.2) is 36.7 Å². The van der Waals surface area contributed by atoms with Crippen LogP contribution in [0.3, 0.4) is 0 Å². The van der Waals surface area contributed by atoms with Crippen LogP contribution in [0.2, 0.25) is 0 Å². The first-order chi connectivity index (χ1) is 12.8. The highest BCUT2D eigenvalue weighted by molar-refractivity contribution is 5.67. The molecule has 26 heavy (non-hydrogen) atoms. The van der Waals surface area contributed by atoms with Crippen molar-refractivity contribution in [3.8, 4) is 34.8 Å². The highest BCUT2D eigenvalue weighted by Crippen LogP contribution is 2.32. The minimum Gasteiger partial charge on any atom is -0.302 e. The van der Waals surface area contributed by atoms with Crippen LogP contribution >= 0.6 is 0 Å². The number of rotatable bonds is 3. The number of hydrogen-bond donors (Lipinski definition) is 1. The molecule has 1 aliphatic rings. The van der Waals surface area contributed by atoms with Crippen molar-refractivity contribution in [1.82, 2.24) is 30.3 Å². The fourth-order valence-electron chi connectivity index (χ4n) is 3.16. The van der Waals surface area contributed by atoms with E-state index < -0.39 is 0 Å². The van der Waals surface area contributed by atoms with E-state index in [4.69, 9.17) is 5.26 Å². The van der Waals surface area contributed by atoms with E-state index in [0.717, 1.165) is 41.9 Å². The zero-order chi connectivity index (χ0) is 17.9. The monoisotopic (exact) mass is 342 g/mol. The van der Waals surface area contributed by atoms with Crippen LogP contribution < -0.4 is 0 Å². The second kappa shape index (κ2) is 6.61. The van der Waals surface area contributed by atoms with Crippen molar-refractivity contribution in [3.05, 3.63) is 48.0 Å². The van der Waals surface area contributed by atoms with E-state index in [9.17, 15) is 5.26 Å². The summed E-state index contributed by atoms with van der Waals surface area (Å²) in [6.07, 6.45) is 7.38. The van der Waals surface area contributed by atoms with E-state index in [1.54, 1.807) is 29.4 Å². The standard InChI is InChI=1S/C18H14N8/c19-9-14-6-12(3-4-21-14)15-7-13(10-22-23-15)16-8-17(25-24-16)18-2-1-5-26(18)11-20/h3-4,6-8,10,18H,1-2,5H2,(H,24,25)/t18-/m0/s1. The predicted octanol–water partition coefficient (Wildman–Crippen LogP) is 2.42. The Kier molecular flexibility index (Phi) is 4.00. The fourth-order valence-corrected chi connectivity index (χ4v) is 3.16. The van der Waals surface area contributed by atoms with Crippen LogP contribution in [0, 0.1) is 22.8 Å². The molecule has 126 valence electrons. The minimum absolute atomic E-state index is 0.0499. The number of aromatic nitrogens is 5. The summed E-state index contributed by atoms with van der Waals surface area (Å²) in [6.45, 7) is 0.778. The summed E-state index contributed by atoms with van der Waals surface area (Å²) >= 11 is 0. The molecule has 8 nitrogen and oxygen atoms in total. The molecule has 4 heterocycles. The van der Waals surface area contributed by atoms with Gasteiger partial charge in [-0.15, -0.1) is 0 Å². The Morgan fingerprint density at radius 3 is 2.92 bits per heavy atom. The smallest absolute Gasteiger partial charge is 0.179 e. The van der Waals surface area contributed by atoms with Gasteiger partial charge in [-0.2, -0.15) is 25.8 Å². The van der Waals surface area contributed by atoms with Gasteiger partial charge in [0.15, 0.2) is 6.19 Å². The second-order valence-corrected chi connectivity index (χ2v) is 6.03. The molecule has 0 aliphatic carbocycles. The number of nitrogens with one attached hydrogen (secondary N) is 1. The summed E-state index contributed by atoms with van der Waals surface area (Å²) in [7, 11) is 0. The third-order valence-corrected chi connectivity index (χ3v) is 4.46. The van der Waals surface area contributed by atoms with Gasteiger partial charge in [0.2, 0.25) is 0 Å². The highest BCUT2D eigenvalue weighted by Gasteiger charge is 2.26. The quantitative estimate of drug-likeness (QED) is 0.726. The van der Waals surface area contributed by atoms with Gasteiger partial charge in [-0.05, 0) is 37.1 Å². The number of pyridine rings is 1. The molecular formula is C18H14N8. The molecule has 8 heteroatoms. The van der Waals surface area contributed by atoms with Gasteiger partial charge in [-0.1, -0.05) is 0 Å². The lowest BCUT2D eigenvalue weighted by Gasteiger charge is -2.15. The van der Waals surface area contributed by atoms with Gasteiger partial charge in [0.25, 0.3) is 0 Å². The van der Waals surface area contributed by atoms with Crippen LogP contribution in [0.25, 0.3) is 22.5 Å². The number of H-pyrrole nitrogens is 1. The molecule has 1 aliphatic heterocycles. The Balaban J connectivity index is 1.65. The summed E-state index contributed by atoms with van der Waals surface area (Å²) < 4.78 is 0. The van der Waals surface area contributed by atoms with Crippen molar-refractivity contribution in [3.63, 3.8) is 0 Å². The van der Waals surface area contributed by atoms with E-state index in [1.807, 2.05) is 18.2 Å². The maximum absolute atomic E-state index is 9.22. The predicted molar refractivity (Wildman–Crippen MR) is 91.9 cm³/mol. The van der Waals surface area contributed by atoms with Crippen molar-refractivity contribution in [2.75, 3.05) is 6.54 Å². The maximum Gasteiger partial charge on any atom is 0.179 e. The number of hydrogen-bond acceptors (Lipinski definition) is 7. The van der Waals surface area contributed by atoms with Gasteiger partial charge in [-0.3, -0.25) is 5.10 Å². The lowest BCUT2D eigenvalue weighted by molar-refractivity contribution is 0.367. The molecule has 0 radical (unpaired) electrons. The normalized spacial score (nSPS) is 16.2. The first-order valence-electron chi connectivity index (χ1n) is 8.20. The molecular weight excluding hydrogens is 328 g/mol. The third-order valence-electron chi connectivity index (χ3n) is 4.46. The topological polar surface area (TPSA) is 118 Å². The average molecular weight is 342 g/mol. The molecule has 1 N–H and O–H groups in total. The molecule has 1 atom stereocenters. The SMILES string of the molecule is N#Cc1cc(-c2cc(-c3cc([C@@H]4CCCN4C#N)[nH]n3)cnn2)ccn1. The first-order valence-corrected chi connectivity index (χ1v) is 8.20. The van der Waals surface area contributed by atoms with Crippen LogP contribution in [0.4, 0.5) is 0 Å². The van der Waals surface area contributed by atoms with Crippen molar-refractivity contribution in [2.24, 2.45) is 0 Å². The van der Waals surface area contributed by atoms with Crippen molar-refractivity contribution < 1.29 is 0 Å². The maximum atomic E-state index is 9.22. The molecule has 1 fully saturated rings. The molecule has 1 saturated heterocycles. The summed E-state index contributed by atoms with van der Waals surface area (Å²) in [6, 6.07) is 9.36. The summed E-state index contributed by atoms with van der Waals surface area (Å²) in [5.74, 6) is 0. The lowest BCUT2D eigenvalue weighted by atomic mass is 10.1. The molecule has 0 spiro atoms. The number of likely N-dealkylation sites (tertiary alicyclic amines) is 1. The Hall–Kier alpha value is -3.78. The number of aromatic amines is 1. The molecule has 3 aromatic heterocycles. The van der Waals surface area contributed by atoms with Gasteiger partial charge >= 0.3 is 0 Å². The molecule has 0 unspecified atom stereocenters. The van der Waals surface area contributed by atoms with Gasteiger partial charge in [0.1, 0.15) is 11.8 Å². The van der Waals surface area contributed by atoms with E-state index in [2.05, 4.69) is 31.6 Å². The molecule has 0 saturated carbocycles. The van der Waals surface area contributed by atoms with Gasteiger partial charge < -0.3 is 4.90 Å². The lowest BCUT2D eigenvalue weighted by Crippen LogP contribution is -2.17. The van der Waals surface area contributed by atoms with Crippen molar-refractivity contribution in [2.45, 2.75) is 18.9 Å². The Morgan fingerprint density at radius 2 is 2.08 bits per heavy atom. The Bertz CT molecular complexity index is 1030. The van der Waals surface area contributed by atoms with E-state index in [0.29, 0.717) is 11.4 Å². The van der Waals surface area contributed by atoms with Crippen molar-refractivity contribution >= 4 is 0 Å². The second-order valence-electron chi connectivity index (χ2n) is 6.03. The summed E-state index contributed by atoms with van der Waals surface area (Å²) in [5.41, 5.74) is 4.23. The summed E-state index contributed by atoms with van der Waals surface area (Å²) in [5, 5.41) is 33.8. The molecule has 3 aromatic rings. The van der Waals surface area contributed by atoms with Crippen LogP contribution in [-0.4, -0.2) is 36.8 Å². The highest BCUT2D eigenvalue weighted by atomic mass is 15.2. The zero-order valence-electron chi connectivity index (χ0n) is 13.8. The Morgan fingerprint density at radius 1 is 1.15 bits per heavy atom. The zero-order valence-corrected chi connectivity index (χ0v) is 13.8. The fraction of sp³-hybridized carbons (Fsp3) is 0.222. The molecule has 0 bridgehead atoms. The molecule has 4 rings (SSSR count). The Labute approximate surface area is 149 Å². The van der Waals surface area contributed by atoms with Crippen molar-refractivity contribution in [1.29, 1.82) is 10.5 Å². The van der Waals surface area contributed by atoms with Gasteiger partial charge in [0.05, 0.1) is 29.3 Å². The van der Waals surface area contributed by atoms with E-state index in [1.165, 1.54) is 0 Å². The summed E-state index contributed by atoms with van der Waals surface area (Å²) in [4.78, 5) is 5.74. The molecule has 0 aromatic carbocycles. The van der Waals surface area contributed by atoms with E-state index >= 15 is 0 Å². The van der Waals surface area contributed by atoms with E-state index in [-0.39, 0.29) is 6.04 Å². The largest absolute Gasteiger partial charge is 0.302 e. The number of nitriles is 2. The van der Waals surface area contributed by atoms with Gasteiger partial charge in [-0.25, -0.2) is 4.98 Å². The minimum atomic E-state index is 0.0499. The average Bonchev–Trinajstić information content (AvgIpc) is 3.37. The third kappa shape index (κ3) is 2.85. The van der Waals surface area contributed by atoms with Crippen LogP contribution in [0.1, 0.15) is 30.3 Å². The molecule has 0 amide bonds. The van der Waals surface area contributed by atoms with Gasteiger partial charge in [0, 0.05) is 23.9 Å².